The Balaban J connectivity index is 2.63. The van der Waals surface area contributed by atoms with Crippen LogP contribution in [0.1, 0.15) is 25.7 Å². The minimum Gasteiger partial charge on any atom is -0.480 e. The van der Waals surface area contributed by atoms with Gasteiger partial charge in [-0.3, -0.25) is 9.59 Å². The number of primary amides is 2. The summed E-state index contributed by atoms with van der Waals surface area (Å²) in [5.74, 6) is -2.54. The minimum absolute atomic E-state index is 0.106. The number of carbonyl (C=O) groups is 4. The molecule has 0 spiro atoms. The fourth-order valence-electron chi connectivity index (χ4n) is 2.08. The third-order valence-corrected chi connectivity index (χ3v) is 3.12. The second-order valence-corrected chi connectivity index (χ2v) is 4.60. The number of urea groups is 1. The number of carboxylic acid groups (broad SMARTS) is 1. The van der Waals surface area contributed by atoms with Crippen LogP contribution in [0.4, 0.5) is 4.79 Å². The number of aliphatic carboxylic acids is 1. The highest BCUT2D eigenvalue weighted by molar-refractivity contribution is 5.88. The lowest BCUT2D eigenvalue weighted by Gasteiger charge is -2.24. The van der Waals surface area contributed by atoms with Gasteiger partial charge in [0.05, 0.1) is 0 Å². The van der Waals surface area contributed by atoms with Gasteiger partial charge in [0.15, 0.2) is 0 Å². The van der Waals surface area contributed by atoms with E-state index in [0.717, 1.165) is 0 Å². The lowest BCUT2D eigenvalue weighted by Crippen LogP contribution is -2.52. The number of nitrogens with zero attached hydrogens (tertiary/aromatic N) is 1. The van der Waals surface area contributed by atoms with Gasteiger partial charge in [-0.15, -0.1) is 0 Å². The van der Waals surface area contributed by atoms with E-state index in [2.05, 4.69) is 5.32 Å². The first-order valence-corrected chi connectivity index (χ1v) is 6.20. The van der Waals surface area contributed by atoms with Crippen LogP contribution < -0.4 is 16.8 Å². The number of likely N-dealkylation sites (tertiary alicyclic amines) is 1. The molecule has 20 heavy (non-hydrogen) atoms. The summed E-state index contributed by atoms with van der Waals surface area (Å²) < 4.78 is 0. The number of carbonyl (C=O) groups excluding carboxylic acids is 3. The van der Waals surface area contributed by atoms with Crippen LogP contribution in [0, 0.1) is 0 Å². The van der Waals surface area contributed by atoms with E-state index in [1.165, 1.54) is 4.90 Å². The molecular weight excluding hydrogens is 268 g/mol. The molecule has 0 aliphatic carbocycles. The molecule has 1 fully saturated rings. The largest absolute Gasteiger partial charge is 0.480 e. The minimum atomic E-state index is -1.27. The molecule has 0 radical (unpaired) electrons. The van der Waals surface area contributed by atoms with E-state index < -0.39 is 35.9 Å². The van der Waals surface area contributed by atoms with Gasteiger partial charge in [0.1, 0.15) is 12.1 Å². The van der Waals surface area contributed by atoms with Crippen LogP contribution in [0.3, 0.4) is 0 Å². The van der Waals surface area contributed by atoms with Crippen molar-refractivity contribution >= 4 is 23.8 Å². The molecule has 0 bridgehead atoms. The second kappa shape index (κ2) is 6.73. The van der Waals surface area contributed by atoms with Crippen LogP contribution in [0.5, 0.6) is 0 Å². The molecule has 2 atom stereocenters. The van der Waals surface area contributed by atoms with E-state index >= 15 is 0 Å². The van der Waals surface area contributed by atoms with Crippen molar-refractivity contribution in [2.75, 3.05) is 6.54 Å². The standard InChI is InChI=1S/C11H18N4O5/c12-8(16)4-3-6(10(18)19)14-11(20)15-5-1-2-7(15)9(13)17/h6-7H,1-5H2,(H2,12,16)(H2,13,17)(H,14,20)(H,18,19)/t6-,7?/m1/s1. The van der Waals surface area contributed by atoms with Crippen LogP contribution in [-0.2, 0) is 14.4 Å². The van der Waals surface area contributed by atoms with Gasteiger partial charge >= 0.3 is 12.0 Å². The first kappa shape index (κ1) is 15.7. The third-order valence-electron chi connectivity index (χ3n) is 3.12. The highest BCUT2D eigenvalue weighted by Crippen LogP contribution is 2.17. The molecule has 0 saturated carbocycles. The number of nitrogens with two attached hydrogens (primary N) is 2. The Bertz CT molecular complexity index is 425. The maximum atomic E-state index is 11.9. The Labute approximate surface area is 115 Å². The lowest BCUT2D eigenvalue weighted by atomic mass is 10.1. The summed E-state index contributed by atoms with van der Waals surface area (Å²) in [4.78, 5) is 46.0. The summed E-state index contributed by atoms with van der Waals surface area (Å²) >= 11 is 0. The Morgan fingerprint density at radius 3 is 2.45 bits per heavy atom. The molecule has 1 rings (SSSR count). The predicted octanol–water partition coefficient (Wildman–Crippen LogP) is -1.64. The number of hydrogen-bond donors (Lipinski definition) is 4. The Morgan fingerprint density at radius 2 is 1.95 bits per heavy atom. The fraction of sp³-hybridized carbons (Fsp3) is 0.636. The van der Waals surface area contributed by atoms with Crippen LogP contribution >= 0.6 is 0 Å². The Kier molecular flexibility index (Phi) is 5.30. The van der Waals surface area contributed by atoms with Gasteiger partial charge in [0.2, 0.25) is 11.8 Å². The summed E-state index contributed by atoms with van der Waals surface area (Å²) in [5.41, 5.74) is 10.1. The monoisotopic (exact) mass is 286 g/mol. The molecule has 1 aliphatic heterocycles. The third kappa shape index (κ3) is 4.11. The number of amides is 4. The highest BCUT2D eigenvalue weighted by atomic mass is 16.4. The molecule has 1 heterocycles. The van der Waals surface area contributed by atoms with Gasteiger partial charge in [-0.2, -0.15) is 0 Å². The van der Waals surface area contributed by atoms with Crippen molar-refractivity contribution in [2.24, 2.45) is 11.5 Å². The molecule has 112 valence electrons. The van der Waals surface area contributed by atoms with E-state index in [1.807, 2.05) is 0 Å². The van der Waals surface area contributed by atoms with E-state index in [1.54, 1.807) is 0 Å². The number of rotatable bonds is 6. The molecule has 1 saturated heterocycles. The average molecular weight is 286 g/mol. The van der Waals surface area contributed by atoms with E-state index in [0.29, 0.717) is 19.4 Å². The molecule has 9 nitrogen and oxygen atoms in total. The molecule has 0 aromatic rings. The lowest BCUT2D eigenvalue weighted by molar-refractivity contribution is -0.139. The van der Waals surface area contributed by atoms with Crippen molar-refractivity contribution in [2.45, 2.75) is 37.8 Å². The van der Waals surface area contributed by atoms with E-state index in [-0.39, 0.29) is 12.8 Å². The van der Waals surface area contributed by atoms with Crippen molar-refractivity contribution in [3.05, 3.63) is 0 Å². The molecule has 4 amide bonds. The van der Waals surface area contributed by atoms with Crippen molar-refractivity contribution in [3.63, 3.8) is 0 Å². The predicted molar refractivity (Wildman–Crippen MR) is 67.3 cm³/mol. The summed E-state index contributed by atoms with van der Waals surface area (Å²) in [7, 11) is 0. The smallest absolute Gasteiger partial charge is 0.326 e. The summed E-state index contributed by atoms with van der Waals surface area (Å²) in [6.07, 6.45) is 0.823. The molecular formula is C11H18N4O5. The molecule has 1 aliphatic rings. The SMILES string of the molecule is NC(=O)CC[C@@H](NC(=O)N1CCCC1C(N)=O)C(=O)O. The van der Waals surface area contributed by atoms with Crippen LogP contribution in [0.15, 0.2) is 0 Å². The first-order chi connectivity index (χ1) is 9.32. The topological polar surface area (TPSA) is 156 Å². The van der Waals surface area contributed by atoms with Gasteiger partial charge in [-0.25, -0.2) is 9.59 Å². The molecule has 0 aromatic carbocycles. The zero-order valence-electron chi connectivity index (χ0n) is 10.9. The van der Waals surface area contributed by atoms with Crippen LogP contribution in [0.25, 0.3) is 0 Å². The molecule has 9 heteroatoms. The Hall–Kier alpha value is -2.32. The first-order valence-electron chi connectivity index (χ1n) is 6.20. The second-order valence-electron chi connectivity index (χ2n) is 4.60. The molecule has 0 aromatic heterocycles. The van der Waals surface area contributed by atoms with Crippen molar-refractivity contribution in [3.8, 4) is 0 Å². The van der Waals surface area contributed by atoms with Crippen molar-refractivity contribution in [1.29, 1.82) is 0 Å². The molecule has 6 N–H and O–H groups in total. The zero-order valence-corrected chi connectivity index (χ0v) is 10.9. The van der Waals surface area contributed by atoms with Gasteiger partial charge < -0.3 is 26.8 Å². The number of carboxylic acids is 1. The highest BCUT2D eigenvalue weighted by Gasteiger charge is 2.34. The number of hydrogen-bond acceptors (Lipinski definition) is 4. The summed E-state index contributed by atoms with van der Waals surface area (Å²) in [6, 6.07) is -2.63. The quantitative estimate of drug-likeness (QED) is 0.461. The van der Waals surface area contributed by atoms with Gasteiger partial charge in [0.25, 0.3) is 0 Å². The summed E-state index contributed by atoms with van der Waals surface area (Å²) in [5, 5.41) is 11.2. The zero-order chi connectivity index (χ0) is 15.3. The van der Waals surface area contributed by atoms with E-state index in [4.69, 9.17) is 16.6 Å². The summed E-state index contributed by atoms with van der Waals surface area (Å²) in [6.45, 7) is 0.335. The average Bonchev–Trinajstić information content (AvgIpc) is 2.82. The van der Waals surface area contributed by atoms with Gasteiger partial charge in [-0.1, -0.05) is 0 Å². The van der Waals surface area contributed by atoms with Crippen molar-refractivity contribution < 1.29 is 24.3 Å². The maximum absolute atomic E-state index is 11.9. The number of nitrogens with one attached hydrogen (secondary N) is 1. The Morgan fingerprint density at radius 1 is 1.30 bits per heavy atom. The maximum Gasteiger partial charge on any atom is 0.326 e. The normalized spacial score (nSPS) is 19.4. The van der Waals surface area contributed by atoms with Gasteiger partial charge in [0, 0.05) is 13.0 Å². The van der Waals surface area contributed by atoms with Gasteiger partial charge in [-0.05, 0) is 19.3 Å². The van der Waals surface area contributed by atoms with Crippen LogP contribution in [0.2, 0.25) is 0 Å². The van der Waals surface area contributed by atoms with Crippen LogP contribution in [-0.4, -0.2) is 52.4 Å². The van der Waals surface area contributed by atoms with Crippen molar-refractivity contribution in [1.82, 2.24) is 10.2 Å². The fourth-order valence-corrected chi connectivity index (χ4v) is 2.08. The molecule has 1 unspecified atom stereocenters. The van der Waals surface area contributed by atoms with E-state index in [9.17, 15) is 19.2 Å².